The summed E-state index contributed by atoms with van der Waals surface area (Å²) in [6, 6.07) is 9.23. The molecule has 0 atom stereocenters. The van der Waals surface area contributed by atoms with Crippen molar-refractivity contribution in [1.29, 1.82) is 5.26 Å². The molecule has 108 valence electrons. The Morgan fingerprint density at radius 3 is 2.71 bits per heavy atom. The minimum atomic E-state index is -0.311. The lowest BCUT2D eigenvalue weighted by atomic mass is 10.1. The van der Waals surface area contributed by atoms with Crippen LogP contribution in [0.4, 0.5) is 0 Å². The van der Waals surface area contributed by atoms with Crippen molar-refractivity contribution in [3.05, 3.63) is 47.0 Å². The molecule has 1 aliphatic rings. The lowest BCUT2D eigenvalue weighted by Gasteiger charge is -2.16. The summed E-state index contributed by atoms with van der Waals surface area (Å²) in [7, 11) is 1.34. The van der Waals surface area contributed by atoms with Crippen LogP contribution in [-0.2, 0) is 20.9 Å². The Hall–Kier alpha value is -2.61. The summed E-state index contributed by atoms with van der Waals surface area (Å²) in [6.45, 7) is 1.05. The van der Waals surface area contributed by atoms with Crippen LogP contribution in [0.25, 0.3) is 0 Å². The predicted octanol–water partition coefficient (Wildman–Crippen LogP) is 1.78. The van der Waals surface area contributed by atoms with Crippen molar-refractivity contribution in [3.63, 3.8) is 0 Å². The largest absolute Gasteiger partial charge is 0.469 e. The molecule has 0 saturated heterocycles. The Balaban J connectivity index is 1.91. The van der Waals surface area contributed by atoms with E-state index < -0.39 is 0 Å². The maximum Gasteiger partial charge on any atom is 0.305 e. The number of ether oxygens (including phenoxy) is 1. The fourth-order valence-electron chi connectivity index (χ4n) is 2.18. The molecule has 21 heavy (non-hydrogen) atoms. The van der Waals surface area contributed by atoms with E-state index >= 15 is 0 Å². The number of carbonyl (C=O) groups excluding carboxylic acids is 2. The molecule has 1 heterocycles. The molecule has 1 aromatic carbocycles. The Bertz CT molecular complexity index is 611. The number of methoxy groups -OCH3 is 1. The lowest BCUT2D eigenvalue weighted by molar-refractivity contribution is -0.140. The summed E-state index contributed by atoms with van der Waals surface area (Å²) in [5.41, 5.74) is 2.24. The van der Waals surface area contributed by atoms with Crippen molar-refractivity contribution in [3.8, 4) is 6.07 Å². The van der Waals surface area contributed by atoms with Crippen LogP contribution >= 0.6 is 0 Å². The standard InChI is InChI=1S/C16H16N2O3/c1-21-15(19)7-6-14-8-9-18(16(14)20)11-13-4-2-12(10-17)3-5-13/h2-5,8H,6-7,9,11H2,1H3. The van der Waals surface area contributed by atoms with Crippen LogP contribution in [0.2, 0.25) is 0 Å². The summed E-state index contributed by atoms with van der Waals surface area (Å²) in [6.07, 6.45) is 2.49. The maximum atomic E-state index is 12.2. The third kappa shape index (κ3) is 3.69. The van der Waals surface area contributed by atoms with Crippen LogP contribution in [0.3, 0.4) is 0 Å². The zero-order chi connectivity index (χ0) is 15.2. The van der Waals surface area contributed by atoms with E-state index in [0.29, 0.717) is 30.6 Å². The number of rotatable bonds is 5. The second kappa shape index (κ2) is 6.71. The summed E-state index contributed by atoms with van der Waals surface area (Å²) < 4.78 is 4.57. The first-order valence-electron chi connectivity index (χ1n) is 6.68. The van der Waals surface area contributed by atoms with Crippen molar-refractivity contribution in [2.24, 2.45) is 0 Å². The number of amides is 1. The van der Waals surface area contributed by atoms with Gasteiger partial charge in [-0.3, -0.25) is 9.59 Å². The van der Waals surface area contributed by atoms with E-state index in [2.05, 4.69) is 10.8 Å². The summed E-state index contributed by atoms with van der Waals surface area (Å²) in [5, 5.41) is 8.75. The highest BCUT2D eigenvalue weighted by Gasteiger charge is 2.24. The van der Waals surface area contributed by atoms with Gasteiger partial charge >= 0.3 is 5.97 Å². The van der Waals surface area contributed by atoms with Crippen molar-refractivity contribution < 1.29 is 14.3 Å². The third-order valence-electron chi connectivity index (χ3n) is 3.40. The van der Waals surface area contributed by atoms with Gasteiger partial charge in [-0.2, -0.15) is 5.26 Å². The zero-order valence-corrected chi connectivity index (χ0v) is 11.8. The molecular weight excluding hydrogens is 268 g/mol. The first kappa shape index (κ1) is 14.8. The smallest absolute Gasteiger partial charge is 0.305 e. The second-order valence-electron chi connectivity index (χ2n) is 4.80. The molecule has 0 bridgehead atoms. The van der Waals surface area contributed by atoms with Crippen LogP contribution < -0.4 is 0 Å². The van der Waals surface area contributed by atoms with Gasteiger partial charge in [-0.1, -0.05) is 18.2 Å². The van der Waals surface area contributed by atoms with E-state index in [-0.39, 0.29) is 18.3 Å². The Morgan fingerprint density at radius 2 is 2.10 bits per heavy atom. The number of benzene rings is 1. The molecule has 1 amide bonds. The van der Waals surface area contributed by atoms with Crippen molar-refractivity contribution in [1.82, 2.24) is 4.90 Å². The van der Waals surface area contributed by atoms with Crippen LogP contribution in [0.1, 0.15) is 24.0 Å². The van der Waals surface area contributed by atoms with Gasteiger partial charge in [0.25, 0.3) is 0 Å². The maximum absolute atomic E-state index is 12.2. The zero-order valence-electron chi connectivity index (χ0n) is 11.8. The molecule has 2 rings (SSSR count). The molecule has 0 spiro atoms. The molecule has 1 aliphatic heterocycles. The van der Waals surface area contributed by atoms with E-state index in [1.54, 1.807) is 17.0 Å². The highest BCUT2D eigenvalue weighted by Crippen LogP contribution is 2.19. The molecule has 0 radical (unpaired) electrons. The van der Waals surface area contributed by atoms with E-state index in [1.807, 2.05) is 18.2 Å². The number of carbonyl (C=O) groups is 2. The van der Waals surface area contributed by atoms with E-state index in [9.17, 15) is 9.59 Å². The minimum Gasteiger partial charge on any atom is -0.469 e. The molecule has 0 fully saturated rings. The third-order valence-corrected chi connectivity index (χ3v) is 3.40. The van der Waals surface area contributed by atoms with Gasteiger partial charge in [-0.25, -0.2) is 0 Å². The van der Waals surface area contributed by atoms with Crippen LogP contribution in [-0.4, -0.2) is 30.4 Å². The normalized spacial score (nSPS) is 13.8. The second-order valence-corrected chi connectivity index (χ2v) is 4.80. The molecule has 0 saturated carbocycles. The molecular formula is C16H16N2O3. The molecule has 5 nitrogen and oxygen atoms in total. The van der Waals surface area contributed by atoms with E-state index in [0.717, 1.165) is 5.56 Å². The van der Waals surface area contributed by atoms with Gasteiger partial charge in [0.2, 0.25) is 5.91 Å². The van der Waals surface area contributed by atoms with Crippen LogP contribution in [0.15, 0.2) is 35.9 Å². The van der Waals surface area contributed by atoms with Crippen LogP contribution in [0, 0.1) is 11.3 Å². The highest BCUT2D eigenvalue weighted by atomic mass is 16.5. The average Bonchev–Trinajstić information content (AvgIpc) is 2.86. The number of nitrogens with zero attached hydrogens (tertiary/aromatic N) is 2. The molecule has 1 aromatic rings. The van der Waals surface area contributed by atoms with Gasteiger partial charge < -0.3 is 9.64 Å². The average molecular weight is 284 g/mol. The monoisotopic (exact) mass is 284 g/mol. The Kier molecular flexibility index (Phi) is 4.72. The quantitative estimate of drug-likeness (QED) is 0.773. The lowest BCUT2D eigenvalue weighted by Crippen LogP contribution is -2.26. The van der Waals surface area contributed by atoms with Crippen LogP contribution in [0.5, 0.6) is 0 Å². The number of hydrogen-bond acceptors (Lipinski definition) is 4. The fourth-order valence-corrected chi connectivity index (χ4v) is 2.18. The molecule has 0 aromatic heterocycles. The van der Waals surface area contributed by atoms with E-state index in [1.165, 1.54) is 7.11 Å². The molecule has 0 aliphatic carbocycles. The Morgan fingerprint density at radius 1 is 1.38 bits per heavy atom. The first-order chi connectivity index (χ1) is 10.1. The fraction of sp³-hybridized carbons (Fsp3) is 0.312. The minimum absolute atomic E-state index is 0.0386. The SMILES string of the molecule is COC(=O)CCC1=CCN(Cc2ccc(C#N)cc2)C1=O. The summed E-state index contributed by atoms with van der Waals surface area (Å²) in [4.78, 5) is 25.0. The number of nitriles is 1. The topological polar surface area (TPSA) is 70.4 Å². The summed E-state index contributed by atoms with van der Waals surface area (Å²) >= 11 is 0. The first-order valence-corrected chi connectivity index (χ1v) is 6.68. The van der Waals surface area contributed by atoms with Gasteiger partial charge in [0.1, 0.15) is 0 Å². The van der Waals surface area contributed by atoms with Gasteiger partial charge in [-0.15, -0.1) is 0 Å². The van der Waals surface area contributed by atoms with Crippen molar-refractivity contribution >= 4 is 11.9 Å². The van der Waals surface area contributed by atoms with Crippen molar-refractivity contribution in [2.45, 2.75) is 19.4 Å². The number of hydrogen-bond donors (Lipinski definition) is 0. The van der Waals surface area contributed by atoms with Gasteiger partial charge in [-0.05, 0) is 24.1 Å². The van der Waals surface area contributed by atoms with Gasteiger partial charge in [0.15, 0.2) is 0 Å². The summed E-state index contributed by atoms with van der Waals surface area (Å²) in [5.74, 6) is -0.350. The molecule has 0 unspecified atom stereocenters. The van der Waals surface area contributed by atoms with Gasteiger partial charge in [0, 0.05) is 25.1 Å². The number of esters is 1. The molecule has 5 heteroatoms. The predicted molar refractivity (Wildman–Crippen MR) is 75.9 cm³/mol. The molecule has 0 N–H and O–H groups in total. The van der Waals surface area contributed by atoms with Crippen molar-refractivity contribution in [2.75, 3.05) is 13.7 Å². The van der Waals surface area contributed by atoms with E-state index in [4.69, 9.17) is 5.26 Å². The van der Waals surface area contributed by atoms with Gasteiger partial charge in [0.05, 0.1) is 18.7 Å². The highest BCUT2D eigenvalue weighted by molar-refractivity contribution is 5.96. The Labute approximate surface area is 123 Å².